The summed E-state index contributed by atoms with van der Waals surface area (Å²) >= 11 is 7.35. The highest BCUT2D eigenvalue weighted by Crippen LogP contribution is 2.23. The van der Waals surface area contributed by atoms with Crippen LogP contribution in [0.25, 0.3) is 10.2 Å². The highest BCUT2D eigenvalue weighted by atomic mass is 35.5. The lowest BCUT2D eigenvalue weighted by Gasteiger charge is -2.09. The van der Waals surface area contributed by atoms with Crippen molar-refractivity contribution in [2.24, 2.45) is 7.05 Å². The predicted molar refractivity (Wildman–Crippen MR) is 128 cm³/mol. The van der Waals surface area contributed by atoms with Gasteiger partial charge in [-0.2, -0.15) is 0 Å². The van der Waals surface area contributed by atoms with Gasteiger partial charge in [-0.3, -0.25) is 9.59 Å². The zero-order valence-electron chi connectivity index (χ0n) is 17.8. The highest BCUT2D eigenvalue weighted by Gasteiger charge is 2.17. The van der Waals surface area contributed by atoms with Crippen molar-refractivity contribution < 1.29 is 9.90 Å². The molecule has 0 saturated carbocycles. The fourth-order valence-corrected chi connectivity index (χ4v) is 4.53. The summed E-state index contributed by atoms with van der Waals surface area (Å²) in [6.07, 6.45) is 3.89. The first kappa shape index (κ1) is 23.1. The minimum absolute atomic E-state index is 0.0907. The maximum absolute atomic E-state index is 13.0. The fourth-order valence-electron chi connectivity index (χ4n) is 3.35. The van der Waals surface area contributed by atoms with Crippen LogP contribution in [0.15, 0.2) is 59.8 Å². The van der Waals surface area contributed by atoms with E-state index in [-0.39, 0.29) is 17.5 Å². The Bertz CT molecular complexity index is 1320. The third-order valence-corrected chi connectivity index (χ3v) is 6.51. The average Bonchev–Trinajstić information content (AvgIpc) is 3.26. The van der Waals surface area contributed by atoms with Crippen molar-refractivity contribution in [3.05, 3.63) is 92.1 Å². The van der Waals surface area contributed by atoms with Crippen molar-refractivity contribution in [2.75, 3.05) is 6.54 Å². The molecule has 0 aliphatic carbocycles. The number of benzene rings is 1. The molecule has 10 heteroatoms. The number of aliphatic hydroxyl groups excluding tert-OH is 1. The lowest BCUT2D eigenvalue weighted by Crippen LogP contribution is -2.29. The molecule has 3 heterocycles. The molecule has 0 aliphatic rings. The van der Waals surface area contributed by atoms with Crippen LogP contribution in [0.1, 0.15) is 32.7 Å². The van der Waals surface area contributed by atoms with Crippen molar-refractivity contribution in [1.82, 2.24) is 25.2 Å². The molecule has 4 rings (SSSR count). The van der Waals surface area contributed by atoms with Crippen LogP contribution in [0.3, 0.4) is 0 Å². The summed E-state index contributed by atoms with van der Waals surface area (Å²) in [7, 11) is 1.81. The number of nitrogens with one attached hydrogen (secondary N) is 2. The molecule has 4 aromatic rings. The Balaban J connectivity index is 1.44. The Kier molecular flexibility index (Phi) is 7.14. The molecule has 3 aromatic heterocycles. The molecule has 1 unspecified atom stereocenters. The number of hydrogen-bond donors (Lipinski definition) is 3. The van der Waals surface area contributed by atoms with Gasteiger partial charge in [0.1, 0.15) is 16.5 Å². The number of aliphatic hydroxyl groups is 1. The van der Waals surface area contributed by atoms with Gasteiger partial charge < -0.3 is 20.3 Å². The van der Waals surface area contributed by atoms with Crippen molar-refractivity contribution in [3.8, 4) is 0 Å². The Morgan fingerprint density at radius 2 is 1.94 bits per heavy atom. The number of aromatic nitrogens is 3. The van der Waals surface area contributed by atoms with Gasteiger partial charge in [-0.1, -0.05) is 23.7 Å². The Morgan fingerprint density at radius 1 is 1.21 bits per heavy atom. The van der Waals surface area contributed by atoms with Crippen LogP contribution in [0.5, 0.6) is 0 Å². The van der Waals surface area contributed by atoms with Crippen LogP contribution in [0.2, 0.25) is 5.02 Å². The molecule has 1 aromatic carbocycles. The van der Waals surface area contributed by atoms with Crippen LogP contribution in [0.4, 0.5) is 0 Å². The van der Waals surface area contributed by atoms with E-state index in [1.54, 1.807) is 47.4 Å². The molecular formula is C23H22ClN5O3S. The van der Waals surface area contributed by atoms with Crippen molar-refractivity contribution in [2.45, 2.75) is 19.2 Å². The zero-order valence-corrected chi connectivity index (χ0v) is 19.4. The van der Waals surface area contributed by atoms with Crippen molar-refractivity contribution in [3.63, 3.8) is 0 Å². The second-order valence-electron chi connectivity index (χ2n) is 7.48. The van der Waals surface area contributed by atoms with Gasteiger partial charge in [-0.25, -0.2) is 9.97 Å². The fraction of sp³-hybridized carbons (Fsp3) is 0.217. The first-order chi connectivity index (χ1) is 15.9. The number of carbonyl (C=O) groups is 1. The number of pyridine rings is 1. The molecule has 1 atom stereocenters. The van der Waals surface area contributed by atoms with E-state index in [4.69, 9.17) is 11.6 Å². The van der Waals surface area contributed by atoms with Gasteiger partial charge in [0.25, 0.3) is 5.91 Å². The van der Waals surface area contributed by atoms with Gasteiger partial charge in [0.15, 0.2) is 5.82 Å². The van der Waals surface area contributed by atoms with E-state index in [1.807, 2.05) is 19.2 Å². The van der Waals surface area contributed by atoms with Crippen molar-refractivity contribution >= 4 is 39.1 Å². The van der Waals surface area contributed by atoms with Gasteiger partial charge >= 0.3 is 0 Å². The number of rotatable bonds is 8. The van der Waals surface area contributed by atoms with E-state index in [2.05, 4.69) is 20.6 Å². The van der Waals surface area contributed by atoms with Crippen LogP contribution in [0, 0.1) is 0 Å². The number of amides is 1. The third kappa shape index (κ3) is 5.45. The highest BCUT2D eigenvalue weighted by molar-refractivity contribution is 7.18. The molecule has 0 spiro atoms. The molecule has 8 nitrogen and oxygen atoms in total. The van der Waals surface area contributed by atoms with Crippen LogP contribution < -0.4 is 16.1 Å². The summed E-state index contributed by atoms with van der Waals surface area (Å²) < 4.78 is 1.79. The minimum Gasteiger partial charge on any atom is -0.384 e. The maximum Gasteiger partial charge on any atom is 0.257 e. The van der Waals surface area contributed by atoms with E-state index in [1.165, 1.54) is 11.3 Å². The third-order valence-electron chi connectivity index (χ3n) is 5.03. The van der Waals surface area contributed by atoms with Gasteiger partial charge in [-0.05, 0) is 29.8 Å². The van der Waals surface area contributed by atoms with E-state index in [9.17, 15) is 14.7 Å². The summed E-state index contributed by atoms with van der Waals surface area (Å²) in [5.41, 5.74) is 0.669. The number of thiophene rings is 1. The molecule has 170 valence electrons. The number of fused-ring (bicyclic) bond motifs is 1. The largest absolute Gasteiger partial charge is 0.384 e. The summed E-state index contributed by atoms with van der Waals surface area (Å²) in [6.45, 7) is 1.03. The number of halogens is 1. The zero-order chi connectivity index (χ0) is 23.4. The lowest BCUT2D eigenvalue weighted by molar-refractivity contribution is 0.0949. The van der Waals surface area contributed by atoms with Gasteiger partial charge in [0.05, 0.1) is 5.39 Å². The number of hydrogen-bond acceptors (Lipinski definition) is 7. The van der Waals surface area contributed by atoms with Crippen LogP contribution in [-0.4, -0.2) is 32.1 Å². The monoisotopic (exact) mass is 483 g/mol. The normalized spacial score (nSPS) is 12.1. The standard InChI is InChI=1S/C23H22ClN5O3S/c1-29-13-18(22(32)28-10-14-3-5-15(24)6-4-14)20(31)17-9-16(33-23(17)29)11-25-12-19(30)21-26-7-2-8-27-21/h2-9,13,19,25,30H,10-12H2,1H3,(H,28,32). The molecule has 0 bridgehead atoms. The van der Waals surface area contributed by atoms with E-state index in [0.717, 1.165) is 15.3 Å². The lowest BCUT2D eigenvalue weighted by atomic mass is 10.2. The molecule has 0 aliphatic heterocycles. The molecular weight excluding hydrogens is 462 g/mol. The van der Waals surface area contributed by atoms with Crippen LogP contribution in [-0.2, 0) is 20.1 Å². The minimum atomic E-state index is -0.831. The van der Waals surface area contributed by atoms with Crippen LogP contribution >= 0.6 is 22.9 Å². The SMILES string of the molecule is Cn1cc(C(=O)NCc2ccc(Cl)cc2)c(=O)c2cc(CNCC(O)c3ncccn3)sc21. The van der Waals surface area contributed by atoms with E-state index in [0.29, 0.717) is 29.3 Å². The number of aryl methyl sites for hydroxylation is 1. The second-order valence-corrected chi connectivity index (χ2v) is 9.03. The van der Waals surface area contributed by atoms with Gasteiger partial charge in [0.2, 0.25) is 5.43 Å². The van der Waals surface area contributed by atoms with Gasteiger partial charge in [0, 0.05) is 55.2 Å². The van der Waals surface area contributed by atoms with Gasteiger partial charge in [-0.15, -0.1) is 11.3 Å². The molecule has 3 N–H and O–H groups in total. The average molecular weight is 484 g/mol. The Morgan fingerprint density at radius 3 is 2.67 bits per heavy atom. The number of nitrogens with zero attached hydrogens (tertiary/aromatic N) is 3. The maximum atomic E-state index is 13.0. The smallest absolute Gasteiger partial charge is 0.257 e. The quantitative estimate of drug-likeness (QED) is 0.355. The van der Waals surface area contributed by atoms with E-state index < -0.39 is 12.0 Å². The summed E-state index contributed by atoms with van der Waals surface area (Å²) in [5.74, 6) is -0.0758. The molecule has 0 saturated heterocycles. The predicted octanol–water partition coefficient (Wildman–Crippen LogP) is 2.80. The molecule has 1 amide bonds. The summed E-state index contributed by atoms with van der Waals surface area (Å²) in [4.78, 5) is 35.5. The summed E-state index contributed by atoms with van der Waals surface area (Å²) in [5, 5.41) is 17.2. The topological polar surface area (TPSA) is 109 Å². The summed E-state index contributed by atoms with van der Waals surface area (Å²) in [6, 6.07) is 10.6. The first-order valence-electron chi connectivity index (χ1n) is 10.2. The Labute approximate surface area is 198 Å². The molecule has 0 fully saturated rings. The Hall–Kier alpha value is -3.11. The van der Waals surface area contributed by atoms with Crippen molar-refractivity contribution in [1.29, 1.82) is 0 Å². The second kappa shape index (κ2) is 10.2. The van der Waals surface area contributed by atoms with E-state index >= 15 is 0 Å². The number of carbonyl (C=O) groups excluding carboxylic acids is 1. The first-order valence-corrected chi connectivity index (χ1v) is 11.4. The molecule has 0 radical (unpaired) electrons. The molecule has 33 heavy (non-hydrogen) atoms.